The molecule has 0 saturated carbocycles. The second-order valence-electron chi connectivity index (χ2n) is 10.1. The lowest BCUT2D eigenvalue weighted by Gasteiger charge is -2.35. The minimum atomic E-state index is -0.382. The monoisotopic (exact) mass is 591 g/mol. The van der Waals surface area contributed by atoms with Gasteiger partial charge in [-0.3, -0.25) is 14.0 Å². The summed E-state index contributed by atoms with van der Waals surface area (Å²) in [5.74, 6) is -1.24. The van der Waals surface area contributed by atoms with Gasteiger partial charge in [0.25, 0.3) is 11.8 Å². The van der Waals surface area contributed by atoms with Gasteiger partial charge < -0.3 is 10.2 Å². The fraction of sp³-hybridized carbons (Fsp3) is 0.267. The van der Waals surface area contributed by atoms with Gasteiger partial charge in [0.2, 0.25) is 0 Å². The van der Waals surface area contributed by atoms with Gasteiger partial charge >= 0.3 is 0 Å². The van der Waals surface area contributed by atoms with Gasteiger partial charge in [0, 0.05) is 36.3 Å². The van der Waals surface area contributed by atoms with Gasteiger partial charge in [0.1, 0.15) is 28.0 Å². The zero-order chi connectivity index (χ0) is 28.7. The number of imidazole rings is 1. The Kier molecular flexibility index (Phi) is 7.39. The first kappa shape index (κ1) is 27.2. The summed E-state index contributed by atoms with van der Waals surface area (Å²) in [5.41, 5.74) is 3.12. The summed E-state index contributed by atoms with van der Waals surface area (Å²) in [7, 11) is 0. The fourth-order valence-electron chi connectivity index (χ4n) is 5.19. The van der Waals surface area contributed by atoms with Gasteiger partial charge in [0.05, 0.1) is 10.6 Å². The van der Waals surface area contributed by atoms with Crippen LogP contribution in [0.5, 0.6) is 0 Å². The van der Waals surface area contributed by atoms with E-state index in [0.29, 0.717) is 44.5 Å². The lowest BCUT2D eigenvalue weighted by Crippen LogP contribution is -2.49. The first-order valence-electron chi connectivity index (χ1n) is 13.3. The highest BCUT2D eigenvalue weighted by Crippen LogP contribution is 2.37. The van der Waals surface area contributed by atoms with E-state index >= 15 is 0 Å². The SMILES string of the molecule is Cc1ccc(-c2nc(C(=O)N3CCCC[C@H]3CNC(=O)c3c(C)nc4sccn34)c(-c3ccc(F)cc3)s2)cc1F. The van der Waals surface area contributed by atoms with E-state index in [9.17, 15) is 18.4 Å². The van der Waals surface area contributed by atoms with E-state index in [1.54, 1.807) is 40.5 Å². The number of hydrogen-bond donors (Lipinski definition) is 1. The van der Waals surface area contributed by atoms with Gasteiger partial charge in [-0.1, -0.05) is 24.3 Å². The molecule has 0 aliphatic carbocycles. The molecular weight excluding hydrogens is 564 g/mol. The van der Waals surface area contributed by atoms with Gasteiger partial charge in [-0.2, -0.15) is 0 Å². The van der Waals surface area contributed by atoms with E-state index in [1.807, 2.05) is 18.5 Å². The van der Waals surface area contributed by atoms with Gasteiger partial charge in [-0.15, -0.1) is 22.7 Å². The number of carbonyl (C=O) groups excluding carboxylic acids is 2. The number of fused-ring (bicyclic) bond motifs is 1. The Morgan fingerprint density at radius 3 is 2.61 bits per heavy atom. The Balaban J connectivity index is 1.30. The zero-order valence-corrected chi connectivity index (χ0v) is 24.1. The largest absolute Gasteiger partial charge is 0.349 e. The van der Waals surface area contributed by atoms with Crippen molar-refractivity contribution in [3.05, 3.63) is 88.3 Å². The molecule has 1 saturated heterocycles. The first-order valence-corrected chi connectivity index (χ1v) is 15.0. The number of carbonyl (C=O) groups is 2. The lowest BCUT2D eigenvalue weighted by atomic mass is 10.0. The molecule has 0 spiro atoms. The molecule has 1 fully saturated rings. The van der Waals surface area contributed by atoms with Crippen molar-refractivity contribution in [2.45, 2.75) is 39.2 Å². The van der Waals surface area contributed by atoms with Crippen LogP contribution in [-0.2, 0) is 0 Å². The zero-order valence-electron chi connectivity index (χ0n) is 22.5. The molecule has 0 bridgehead atoms. The predicted molar refractivity (Wildman–Crippen MR) is 156 cm³/mol. The van der Waals surface area contributed by atoms with Crippen molar-refractivity contribution in [2.75, 3.05) is 13.1 Å². The molecule has 0 radical (unpaired) electrons. The average Bonchev–Trinajstić information content (AvgIpc) is 3.68. The van der Waals surface area contributed by atoms with E-state index in [2.05, 4.69) is 10.3 Å². The van der Waals surface area contributed by atoms with Crippen molar-refractivity contribution in [1.82, 2.24) is 24.6 Å². The molecular formula is C30H27F2N5O2S2. The fourth-order valence-corrected chi connectivity index (χ4v) is 7.01. The van der Waals surface area contributed by atoms with Crippen molar-refractivity contribution < 1.29 is 18.4 Å². The number of hydrogen-bond acceptors (Lipinski definition) is 6. The highest BCUT2D eigenvalue weighted by atomic mass is 32.1. The highest BCUT2D eigenvalue weighted by molar-refractivity contribution is 7.18. The second kappa shape index (κ2) is 11.1. The summed E-state index contributed by atoms with van der Waals surface area (Å²) < 4.78 is 29.9. The van der Waals surface area contributed by atoms with Crippen molar-refractivity contribution >= 4 is 39.4 Å². The molecule has 11 heteroatoms. The minimum Gasteiger partial charge on any atom is -0.349 e. The summed E-state index contributed by atoms with van der Waals surface area (Å²) in [6.07, 6.45) is 4.32. The average molecular weight is 592 g/mol. The number of amides is 2. The molecule has 6 rings (SSSR count). The third-order valence-electron chi connectivity index (χ3n) is 7.39. The Hall–Kier alpha value is -3.96. The maximum absolute atomic E-state index is 14.4. The maximum Gasteiger partial charge on any atom is 0.274 e. The molecule has 1 aliphatic heterocycles. The smallest absolute Gasteiger partial charge is 0.274 e. The number of halogens is 2. The second-order valence-corrected chi connectivity index (χ2v) is 12.0. The van der Waals surface area contributed by atoms with Crippen molar-refractivity contribution in [3.63, 3.8) is 0 Å². The standard InChI is InChI=1S/C30H27F2N5O2S2/c1-17-6-7-20(15-23(17)32)28-35-24(26(41-28)19-8-10-21(31)11-9-19)29(39)36-12-4-3-5-22(36)16-33-27(38)25-18(2)34-30-37(25)13-14-40-30/h6-11,13-15,22H,3-5,12,16H2,1-2H3,(H,33,38)/t22-/m0/s1. The minimum absolute atomic E-state index is 0.227. The lowest BCUT2D eigenvalue weighted by molar-refractivity contribution is 0.0598. The summed E-state index contributed by atoms with van der Waals surface area (Å²) in [6.45, 7) is 4.30. The van der Waals surface area contributed by atoms with Crippen LogP contribution in [0.1, 0.15) is 51.5 Å². The molecule has 2 aromatic carbocycles. The number of nitrogens with zero attached hydrogens (tertiary/aromatic N) is 4. The quantitative estimate of drug-likeness (QED) is 0.244. The van der Waals surface area contributed by atoms with Crippen LogP contribution in [0.15, 0.2) is 54.0 Å². The summed E-state index contributed by atoms with van der Waals surface area (Å²) in [6, 6.07) is 10.6. The maximum atomic E-state index is 14.4. The van der Waals surface area contributed by atoms with E-state index in [0.717, 1.165) is 24.2 Å². The van der Waals surface area contributed by atoms with E-state index < -0.39 is 0 Å². The Bertz CT molecular complexity index is 1760. The topological polar surface area (TPSA) is 79.6 Å². The number of piperidine rings is 1. The van der Waals surface area contributed by atoms with Crippen LogP contribution in [0.4, 0.5) is 8.78 Å². The molecule has 2 amide bonds. The number of nitrogens with one attached hydrogen (secondary N) is 1. The van der Waals surface area contributed by atoms with Gasteiger partial charge in [0.15, 0.2) is 4.96 Å². The molecule has 210 valence electrons. The number of aromatic nitrogens is 3. The number of thiazole rings is 2. The Labute approximate surface area is 243 Å². The van der Waals surface area contributed by atoms with Crippen molar-refractivity contribution in [3.8, 4) is 21.0 Å². The van der Waals surface area contributed by atoms with E-state index in [-0.39, 0.29) is 41.7 Å². The number of benzene rings is 2. The van der Waals surface area contributed by atoms with Crippen LogP contribution in [0.2, 0.25) is 0 Å². The molecule has 3 aromatic heterocycles. The van der Waals surface area contributed by atoms with Crippen LogP contribution in [0.25, 0.3) is 26.0 Å². The normalized spacial score (nSPS) is 15.4. The number of likely N-dealkylation sites (tertiary alicyclic amines) is 1. The molecule has 0 unspecified atom stereocenters. The number of rotatable bonds is 6. The van der Waals surface area contributed by atoms with Crippen LogP contribution in [0.3, 0.4) is 0 Å². The Morgan fingerprint density at radius 2 is 1.83 bits per heavy atom. The molecule has 4 heterocycles. The van der Waals surface area contributed by atoms with Crippen LogP contribution < -0.4 is 5.32 Å². The van der Waals surface area contributed by atoms with Crippen molar-refractivity contribution in [2.24, 2.45) is 0 Å². The summed E-state index contributed by atoms with van der Waals surface area (Å²) in [4.78, 5) is 39.5. The molecule has 7 nitrogen and oxygen atoms in total. The molecule has 1 N–H and O–H groups in total. The highest BCUT2D eigenvalue weighted by Gasteiger charge is 2.32. The van der Waals surface area contributed by atoms with Crippen LogP contribution in [0, 0.1) is 25.5 Å². The summed E-state index contributed by atoms with van der Waals surface area (Å²) in [5, 5.41) is 5.40. The van der Waals surface area contributed by atoms with E-state index in [4.69, 9.17) is 4.98 Å². The van der Waals surface area contributed by atoms with E-state index in [1.165, 1.54) is 40.9 Å². The predicted octanol–water partition coefficient (Wildman–Crippen LogP) is 6.51. The van der Waals surface area contributed by atoms with Gasteiger partial charge in [-0.05, 0) is 62.4 Å². The molecule has 5 aromatic rings. The van der Waals surface area contributed by atoms with Crippen LogP contribution in [-0.4, -0.2) is 50.2 Å². The number of aryl methyl sites for hydroxylation is 2. The van der Waals surface area contributed by atoms with Crippen LogP contribution >= 0.6 is 22.7 Å². The van der Waals surface area contributed by atoms with Crippen molar-refractivity contribution in [1.29, 1.82) is 0 Å². The first-order chi connectivity index (χ1) is 19.8. The molecule has 41 heavy (non-hydrogen) atoms. The summed E-state index contributed by atoms with van der Waals surface area (Å²) >= 11 is 2.73. The molecule has 1 atom stereocenters. The third kappa shape index (κ3) is 5.27. The van der Waals surface area contributed by atoms with Gasteiger partial charge in [-0.25, -0.2) is 18.7 Å². The molecule has 1 aliphatic rings. The Morgan fingerprint density at radius 1 is 1.05 bits per heavy atom. The third-order valence-corrected chi connectivity index (χ3v) is 9.30.